The maximum Gasteiger partial charge on any atom is 0.354 e. The number of rotatable bonds is 7. The third-order valence-electron chi connectivity index (χ3n) is 7.94. The molecule has 9 heteroatoms. The highest BCUT2D eigenvalue weighted by Gasteiger charge is 2.30. The van der Waals surface area contributed by atoms with Crippen LogP contribution in [-0.4, -0.2) is 56.4 Å². The third kappa shape index (κ3) is 5.03. The zero-order valence-electron chi connectivity index (χ0n) is 24.3. The number of anilines is 1. The lowest BCUT2D eigenvalue weighted by Gasteiger charge is -2.42. The molecule has 1 fully saturated rings. The highest BCUT2D eigenvalue weighted by Crippen LogP contribution is 2.37. The summed E-state index contributed by atoms with van der Waals surface area (Å²) in [6.07, 6.45) is 3.85. The van der Waals surface area contributed by atoms with Crippen LogP contribution in [0.5, 0.6) is 0 Å². The minimum absolute atomic E-state index is 0.0143. The number of aromatic nitrogens is 3. The number of aryl methyl sites for hydroxylation is 1. The molecule has 4 aromatic rings. The van der Waals surface area contributed by atoms with Crippen molar-refractivity contribution in [1.29, 1.82) is 0 Å². The van der Waals surface area contributed by atoms with Gasteiger partial charge >= 0.3 is 5.69 Å². The van der Waals surface area contributed by atoms with Crippen molar-refractivity contribution in [3.63, 3.8) is 0 Å². The van der Waals surface area contributed by atoms with Crippen LogP contribution in [0.1, 0.15) is 43.5 Å². The Morgan fingerprint density at radius 2 is 1.88 bits per heavy atom. The maximum absolute atomic E-state index is 16.1. The lowest BCUT2D eigenvalue weighted by atomic mass is 9.96. The molecule has 0 spiro atoms. The fraction of sp³-hybridized carbons (Fsp3) is 0.303. The number of fused-ring (bicyclic) bond motifs is 1. The summed E-state index contributed by atoms with van der Waals surface area (Å²) >= 11 is 0. The molecule has 218 valence electrons. The molecule has 1 unspecified atom stereocenters. The van der Waals surface area contributed by atoms with E-state index in [1.807, 2.05) is 43.6 Å². The zero-order chi connectivity index (χ0) is 30.3. The van der Waals surface area contributed by atoms with Gasteiger partial charge in [-0.15, -0.1) is 0 Å². The van der Waals surface area contributed by atoms with Gasteiger partial charge in [-0.1, -0.05) is 45.2 Å². The number of aliphatic hydroxyl groups excluding tert-OH is 1. The molecule has 1 aliphatic heterocycles. The number of aliphatic hydroxyl groups is 1. The van der Waals surface area contributed by atoms with Crippen molar-refractivity contribution in [2.24, 2.45) is 0 Å². The van der Waals surface area contributed by atoms with E-state index in [-0.39, 0.29) is 23.1 Å². The first-order chi connectivity index (χ1) is 20.1. The molecule has 7 nitrogen and oxygen atoms in total. The van der Waals surface area contributed by atoms with Crippen LogP contribution < -0.4 is 10.6 Å². The van der Waals surface area contributed by atoms with Crippen LogP contribution in [0.2, 0.25) is 0 Å². The summed E-state index contributed by atoms with van der Waals surface area (Å²) in [6.45, 7) is 16.7. The summed E-state index contributed by atoms with van der Waals surface area (Å²) in [5, 5.41) is 10.7. The number of benzene rings is 2. The summed E-state index contributed by atoms with van der Waals surface area (Å²) in [5.74, 6) is -0.934. The highest BCUT2D eigenvalue weighted by molar-refractivity contribution is 5.95. The smallest absolute Gasteiger partial charge is 0.354 e. The Labute approximate surface area is 244 Å². The van der Waals surface area contributed by atoms with Crippen molar-refractivity contribution in [3.05, 3.63) is 101 Å². The zero-order valence-corrected chi connectivity index (χ0v) is 24.3. The van der Waals surface area contributed by atoms with Crippen LogP contribution in [0.25, 0.3) is 33.8 Å². The van der Waals surface area contributed by atoms with E-state index in [0.29, 0.717) is 53.3 Å². The second-order valence-electron chi connectivity index (χ2n) is 11.0. The van der Waals surface area contributed by atoms with Crippen molar-refractivity contribution in [2.75, 3.05) is 24.5 Å². The maximum atomic E-state index is 16.1. The molecule has 2 aromatic heterocycles. The molecular formula is C33H35F2N5O2. The van der Waals surface area contributed by atoms with E-state index in [9.17, 15) is 9.90 Å². The highest BCUT2D eigenvalue weighted by atomic mass is 19.1. The average molecular weight is 572 g/mol. The van der Waals surface area contributed by atoms with E-state index >= 15 is 8.78 Å². The molecule has 2 atom stereocenters. The Balaban J connectivity index is 1.84. The van der Waals surface area contributed by atoms with Gasteiger partial charge < -0.3 is 10.0 Å². The molecule has 0 aliphatic carbocycles. The average Bonchev–Trinajstić information content (AvgIpc) is 2.96. The SMILES string of the molecule is C=Cc1cccc(F)c1-c1cc2c(cc1F)c(N1CCN(C(O)C=C)C[C@@H]1C)nc(=O)n2-c1c(C)ccnc1C(C)C. The van der Waals surface area contributed by atoms with Gasteiger partial charge in [-0.2, -0.15) is 4.98 Å². The fourth-order valence-electron chi connectivity index (χ4n) is 5.83. The van der Waals surface area contributed by atoms with Crippen molar-refractivity contribution in [2.45, 2.75) is 45.9 Å². The van der Waals surface area contributed by atoms with Crippen molar-refractivity contribution < 1.29 is 13.9 Å². The first kappa shape index (κ1) is 29.3. The second kappa shape index (κ2) is 11.6. The Morgan fingerprint density at radius 1 is 1.12 bits per heavy atom. The van der Waals surface area contributed by atoms with Crippen LogP contribution in [-0.2, 0) is 0 Å². The number of hydrogen-bond acceptors (Lipinski definition) is 6. The largest absolute Gasteiger partial charge is 0.375 e. The van der Waals surface area contributed by atoms with Gasteiger partial charge in [0.15, 0.2) is 0 Å². The van der Waals surface area contributed by atoms with Gasteiger partial charge in [0.2, 0.25) is 0 Å². The molecule has 0 saturated carbocycles. The summed E-state index contributed by atoms with van der Waals surface area (Å²) < 4.78 is 32.8. The van der Waals surface area contributed by atoms with Gasteiger partial charge in [0.1, 0.15) is 23.7 Å². The number of halogens is 2. The topological polar surface area (TPSA) is 74.5 Å². The summed E-state index contributed by atoms with van der Waals surface area (Å²) in [4.78, 5) is 27.0. The molecule has 5 rings (SSSR count). The molecule has 1 aliphatic rings. The molecule has 42 heavy (non-hydrogen) atoms. The summed E-state index contributed by atoms with van der Waals surface area (Å²) in [7, 11) is 0. The number of piperazine rings is 1. The van der Waals surface area contributed by atoms with Gasteiger partial charge in [0.05, 0.1) is 16.9 Å². The van der Waals surface area contributed by atoms with Crippen molar-refractivity contribution in [3.8, 4) is 16.8 Å². The van der Waals surface area contributed by atoms with Crippen LogP contribution in [0, 0.1) is 18.6 Å². The molecule has 0 bridgehead atoms. The van der Waals surface area contributed by atoms with Gasteiger partial charge in [0, 0.05) is 48.4 Å². The van der Waals surface area contributed by atoms with Crippen LogP contribution in [0.3, 0.4) is 0 Å². The summed E-state index contributed by atoms with van der Waals surface area (Å²) in [5.41, 5.74) is 2.42. The molecule has 2 aromatic carbocycles. The monoisotopic (exact) mass is 571 g/mol. The van der Waals surface area contributed by atoms with Gasteiger partial charge in [0.25, 0.3) is 0 Å². The van der Waals surface area contributed by atoms with E-state index in [1.165, 1.54) is 34.9 Å². The Hall–Kier alpha value is -4.21. The number of pyridine rings is 1. The molecule has 1 N–H and O–H groups in total. The van der Waals surface area contributed by atoms with Crippen LogP contribution in [0.4, 0.5) is 14.6 Å². The standard InChI is InChI=1S/C33H35F2N5O2/c1-7-22-10-9-11-25(34)29(22)23-17-27-24(16-26(23)35)32(39-15-14-38(18-21(39)6)28(41)8-2)37-33(42)40(27)31-20(5)12-13-36-30(31)19(3)4/h7-13,16-17,19,21,28,41H,1-2,14-15,18H2,3-6H3/t21-,28?/m0/s1. The third-order valence-corrected chi connectivity index (χ3v) is 7.94. The molecular weight excluding hydrogens is 536 g/mol. The Morgan fingerprint density at radius 3 is 2.55 bits per heavy atom. The first-order valence-electron chi connectivity index (χ1n) is 14.0. The molecule has 0 radical (unpaired) electrons. The van der Waals surface area contributed by atoms with E-state index < -0.39 is 23.6 Å². The van der Waals surface area contributed by atoms with E-state index in [2.05, 4.69) is 23.1 Å². The summed E-state index contributed by atoms with van der Waals surface area (Å²) in [6, 6.07) is 9.01. The fourth-order valence-corrected chi connectivity index (χ4v) is 5.83. The minimum atomic E-state index is -0.796. The lowest BCUT2D eigenvalue weighted by Crippen LogP contribution is -2.55. The molecule has 1 saturated heterocycles. The predicted octanol–water partition coefficient (Wildman–Crippen LogP) is 5.82. The van der Waals surface area contributed by atoms with Crippen molar-refractivity contribution in [1.82, 2.24) is 19.4 Å². The van der Waals surface area contributed by atoms with Gasteiger partial charge in [-0.05, 0) is 61.2 Å². The number of nitrogens with zero attached hydrogens (tertiary/aromatic N) is 5. The second-order valence-corrected chi connectivity index (χ2v) is 11.0. The Kier molecular flexibility index (Phi) is 8.08. The quantitative estimate of drug-likeness (QED) is 0.282. The first-order valence-corrected chi connectivity index (χ1v) is 14.0. The Bertz CT molecular complexity index is 1750. The van der Waals surface area contributed by atoms with Crippen LogP contribution in [0.15, 0.2) is 66.6 Å². The van der Waals surface area contributed by atoms with Crippen molar-refractivity contribution >= 4 is 22.8 Å². The van der Waals surface area contributed by atoms with E-state index in [1.54, 1.807) is 18.3 Å². The number of hydrogen-bond donors (Lipinski definition) is 1. The predicted molar refractivity (Wildman–Crippen MR) is 164 cm³/mol. The molecule has 0 amide bonds. The lowest BCUT2D eigenvalue weighted by molar-refractivity contribution is 0.0296. The van der Waals surface area contributed by atoms with Gasteiger partial charge in [-0.3, -0.25) is 14.5 Å². The van der Waals surface area contributed by atoms with Crippen LogP contribution >= 0.6 is 0 Å². The molecule has 3 heterocycles. The van der Waals surface area contributed by atoms with E-state index in [4.69, 9.17) is 0 Å². The normalized spacial score (nSPS) is 16.7. The minimum Gasteiger partial charge on any atom is -0.375 e. The van der Waals surface area contributed by atoms with E-state index in [0.717, 1.165) is 5.56 Å². The van der Waals surface area contributed by atoms with Gasteiger partial charge in [-0.25, -0.2) is 13.6 Å².